The van der Waals surface area contributed by atoms with E-state index in [1.54, 1.807) is 4.90 Å². The van der Waals surface area contributed by atoms with Crippen molar-refractivity contribution in [2.45, 2.75) is 6.92 Å². The number of fused-ring (bicyclic) bond motifs is 1. The second kappa shape index (κ2) is 6.12. The van der Waals surface area contributed by atoms with Gasteiger partial charge in [0.15, 0.2) is 0 Å². The van der Waals surface area contributed by atoms with Crippen LogP contribution in [0.5, 0.6) is 5.75 Å². The summed E-state index contributed by atoms with van der Waals surface area (Å²) >= 11 is 5.41. The third-order valence-electron chi connectivity index (χ3n) is 3.44. The van der Waals surface area contributed by atoms with E-state index in [1.807, 2.05) is 62.5 Å². The van der Waals surface area contributed by atoms with Crippen molar-refractivity contribution in [3.05, 3.63) is 66.4 Å². The number of ether oxygens (including phenoxy) is 1. The van der Waals surface area contributed by atoms with Crippen molar-refractivity contribution in [3.63, 3.8) is 0 Å². The lowest BCUT2D eigenvalue weighted by Gasteiger charge is -2.19. The van der Waals surface area contributed by atoms with Gasteiger partial charge in [0.25, 0.3) is 5.17 Å². The highest BCUT2D eigenvalue weighted by Gasteiger charge is 2.12. The number of aryl methyl sites for hydroxylation is 1. The van der Waals surface area contributed by atoms with Gasteiger partial charge in [0.2, 0.25) is 0 Å². The molecule has 0 amide bonds. The Kier molecular flexibility index (Phi) is 4.02. The molecule has 22 heavy (non-hydrogen) atoms. The summed E-state index contributed by atoms with van der Waals surface area (Å²) in [4.78, 5) is 6.22. The molecule has 1 heterocycles. The summed E-state index contributed by atoms with van der Waals surface area (Å²) < 4.78 is 5.90. The Labute approximate surface area is 135 Å². The zero-order valence-corrected chi connectivity index (χ0v) is 13.3. The van der Waals surface area contributed by atoms with Gasteiger partial charge in [-0.2, -0.15) is 0 Å². The van der Waals surface area contributed by atoms with Crippen LogP contribution in [-0.4, -0.2) is 17.2 Å². The number of aromatic nitrogens is 1. The minimum atomic E-state index is 0.370. The van der Waals surface area contributed by atoms with Crippen LogP contribution in [0.2, 0.25) is 0 Å². The molecule has 0 saturated heterocycles. The van der Waals surface area contributed by atoms with Gasteiger partial charge in [-0.1, -0.05) is 42.5 Å². The first-order valence-electron chi connectivity index (χ1n) is 7.02. The molecule has 0 atom stereocenters. The number of anilines is 1. The summed E-state index contributed by atoms with van der Waals surface area (Å²) in [6.45, 7) is 1.95. The molecule has 2 aromatic carbocycles. The van der Waals surface area contributed by atoms with Crippen LogP contribution in [0.15, 0.2) is 60.7 Å². The smallest absolute Gasteiger partial charge is 0.270 e. The first-order valence-corrected chi connectivity index (χ1v) is 7.43. The normalized spacial score (nSPS) is 10.5. The van der Waals surface area contributed by atoms with E-state index in [0.29, 0.717) is 5.17 Å². The minimum absolute atomic E-state index is 0.370. The van der Waals surface area contributed by atoms with Crippen LogP contribution in [0.3, 0.4) is 0 Å². The Hall–Kier alpha value is -2.46. The molecule has 3 rings (SSSR count). The lowest BCUT2D eigenvalue weighted by Crippen LogP contribution is -2.30. The average molecular weight is 308 g/mol. The number of rotatable bonds is 2. The molecule has 3 nitrogen and oxygen atoms in total. The fourth-order valence-corrected chi connectivity index (χ4v) is 2.44. The van der Waals surface area contributed by atoms with E-state index in [4.69, 9.17) is 17.0 Å². The number of hydrogen-bond donors (Lipinski definition) is 0. The van der Waals surface area contributed by atoms with Crippen molar-refractivity contribution < 1.29 is 4.74 Å². The topological polar surface area (TPSA) is 25.4 Å². The molecule has 4 heteroatoms. The van der Waals surface area contributed by atoms with E-state index in [9.17, 15) is 0 Å². The maximum absolute atomic E-state index is 5.90. The first-order chi connectivity index (χ1) is 10.6. The maximum atomic E-state index is 5.90. The minimum Gasteiger partial charge on any atom is -0.431 e. The molecule has 0 fully saturated rings. The van der Waals surface area contributed by atoms with Gasteiger partial charge < -0.3 is 4.74 Å². The van der Waals surface area contributed by atoms with E-state index in [2.05, 4.69) is 17.1 Å². The Bertz CT molecular complexity index is 827. The van der Waals surface area contributed by atoms with Crippen LogP contribution in [0.1, 0.15) is 5.69 Å². The molecular weight excluding hydrogens is 292 g/mol. The molecule has 0 aliphatic carbocycles. The van der Waals surface area contributed by atoms with Gasteiger partial charge in [0, 0.05) is 18.1 Å². The summed E-state index contributed by atoms with van der Waals surface area (Å²) in [5.41, 5.74) is 0.942. The number of pyridine rings is 1. The lowest BCUT2D eigenvalue weighted by atomic mass is 10.1. The van der Waals surface area contributed by atoms with Crippen molar-refractivity contribution in [1.82, 2.24) is 4.98 Å². The SMILES string of the molecule is Cc1cccc(N(C)C(=S)Oc2cccc3ccccc23)n1. The zero-order chi connectivity index (χ0) is 15.5. The van der Waals surface area contributed by atoms with E-state index in [-0.39, 0.29) is 0 Å². The molecule has 0 bridgehead atoms. The first kappa shape index (κ1) is 14.5. The molecule has 110 valence electrons. The van der Waals surface area contributed by atoms with E-state index in [0.717, 1.165) is 28.0 Å². The van der Waals surface area contributed by atoms with Gasteiger partial charge in [-0.15, -0.1) is 0 Å². The molecule has 0 N–H and O–H groups in total. The molecule has 0 spiro atoms. The van der Waals surface area contributed by atoms with Crippen molar-refractivity contribution in [2.75, 3.05) is 11.9 Å². The second-order valence-electron chi connectivity index (χ2n) is 5.04. The summed E-state index contributed by atoms with van der Waals surface area (Å²) in [6, 6.07) is 19.8. The summed E-state index contributed by atoms with van der Waals surface area (Å²) in [6.07, 6.45) is 0. The molecule has 0 unspecified atom stereocenters. The van der Waals surface area contributed by atoms with Gasteiger partial charge in [0.1, 0.15) is 11.6 Å². The van der Waals surface area contributed by atoms with E-state index >= 15 is 0 Å². The highest BCUT2D eigenvalue weighted by molar-refractivity contribution is 7.80. The number of nitrogens with zero attached hydrogens (tertiary/aromatic N) is 2. The van der Waals surface area contributed by atoms with Crippen LogP contribution >= 0.6 is 12.2 Å². The summed E-state index contributed by atoms with van der Waals surface area (Å²) in [5.74, 6) is 1.52. The summed E-state index contributed by atoms with van der Waals surface area (Å²) in [5, 5.41) is 2.53. The van der Waals surface area contributed by atoms with Crippen molar-refractivity contribution in [3.8, 4) is 5.75 Å². The number of hydrogen-bond acceptors (Lipinski definition) is 3. The van der Waals surface area contributed by atoms with Crippen LogP contribution in [0.4, 0.5) is 5.82 Å². The predicted octanol–water partition coefficient (Wildman–Crippen LogP) is 4.34. The highest BCUT2D eigenvalue weighted by Crippen LogP contribution is 2.26. The molecular formula is C18H16N2OS. The third-order valence-corrected chi connectivity index (χ3v) is 3.80. The van der Waals surface area contributed by atoms with E-state index < -0.39 is 0 Å². The number of thiocarbonyl (C=S) groups is 1. The quantitative estimate of drug-likeness (QED) is 0.658. The van der Waals surface area contributed by atoms with Crippen molar-refractivity contribution >= 4 is 34.0 Å². The molecule has 1 aromatic heterocycles. The molecule has 0 saturated carbocycles. The number of benzene rings is 2. The van der Waals surface area contributed by atoms with Crippen LogP contribution in [-0.2, 0) is 0 Å². The second-order valence-corrected chi connectivity index (χ2v) is 5.39. The van der Waals surface area contributed by atoms with Gasteiger partial charge in [0.05, 0.1) is 0 Å². The standard InChI is InChI=1S/C18H16N2OS/c1-13-7-5-12-17(19-13)20(2)18(22)21-16-11-6-9-14-8-3-4-10-15(14)16/h3-12H,1-2H3. The van der Waals surface area contributed by atoms with Crippen LogP contribution < -0.4 is 9.64 Å². The molecule has 0 radical (unpaired) electrons. The summed E-state index contributed by atoms with van der Waals surface area (Å²) in [7, 11) is 1.86. The highest BCUT2D eigenvalue weighted by atomic mass is 32.1. The van der Waals surface area contributed by atoms with Crippen molar-refractivity contribution in [2.24, 2.45) is 0 Å². The Morgan fingerprint density at radius 1 is 1.00 bits per heavy atom. The third kappa shape index (κ3) is 2.92. The van der Waals surface area contributed by atoms with Crippen LogP contribution in [0, 0.1) is 6.92 Å². The maximum Gasteiger partial charge on any atom is 0.270 e. The zero-order valence-electron chi connectivity index (χ0n) is 12.5. The average Bonchev–Trinajstić information content (AvgIpc) is 2.54. The fourth-order valence-electron chi connectivity index (χ4n) is 2.26. The van der Waals surface area contributed by atoms with Gasteiger partial charge >= 0.3 is 0 Å². The van der Waals surface area contributed by atoms with Gasteiger partial charge in [-0.25, -0.2) is 4.98 Å². The Morgan fingerprint density at radius 2 is 1.73 bits per heavy atom. The van der Waals surface area contributed by atoms with Crippen molar-refractivity contribution in [1.29, 1.82) is 0 Å². The van der Waals surface area contributed by atoms with Gasteiger partial charge in [-0.05, 0) is 42.7 Å². The molecule has 0 aliphatic heterocycles. The fraction of sp³-hybridized carbons (Fsp3) is 0.111. The molecule has 3 aromatic rings. The largest absolute Gasteiger partial charge is 0.431 e. The lowest BCUT2D eigenvalue weighted by molar-refractivity contribution is 0.558. The monoisotopic (exact) mass is 308 g/mol. The van der Waals surface area contributed by atoms with Crippen LogP contribution in [0.25, 0.3) is 10.8 Å². The molecule has 0 aliphatic rings. The Balaban J connectivity index is 1.87. The van der Waals surface area contributed by atoms with Gasteiger partial charge in [-0.3, -0.25) is 4.90 Å². The Morgan fingerprint density at radius 3 is 2.55 bits per heavy atom. The van der Waals surface area contributed by atoms with E-state index in [1.165, 1.54) is 0 Å². The predicted molar refractivity (Wildman–Crippen MR) is 94.6 cm³/mol.